The van der Waals surface area contributed by atoms with Gasteiger partial charge in [0, 0.05) is 5.56 Å². The van der Waals surface area contributed by atoms with Gasteiger partial charge in [0.1, 0.15) is 21.8 Å². The molecule has 0 bridgehead atoms. The van der Waals surface area contributed by atoms with E-state index in [-0.39, 0.29) is 17.4 Å². The van der Waals surface area contributed by atoms with E-state index in [0.29, 0.717) is 11.3 Å². The third kappa shape index (κ3) is 6.08. The number of ether oxygens (including phenoxy) is 1. The quantitative estimate of drug-likeness (QED) is 0.378. The van der Waals surface area contributed by atoms with Crippen molar-refractivity contribution in [3.8, 4) is 5.75 Å². The van der Waals surface area contributed by atoms with Gasteiger partial charge in [0.25, 0.3) is 0 Å². The van der Waals surface area contributed by atoms with Crippen molar-refractivity contribution in [1.82, 2.24) is 0 Å². The van der Waals surface area contributed by atoms with Crippen LogP contribution in [0.15, 0.2) is 22.6 Å². The molecule has 1 aromatic carbocycles. The number of benzene rings is 1. The van der Waals surface area contributed by atoms with Gasteiger partial charge in [0.2, 0.25) is 0 Å². The lowest BCUT2D eigenvalue weighted by molar-refractivity contribution is 0.340. The monoisotopic (exact) mass is 401 g/mol. The van der Waals surface area contributed by atoms with Gasteiger partial charge in [0.15, 0.2) is 19.9 Å². The second kappa shape index (κ2) is 8.42. The van der Waals surface area contributed by atoms with Gasteiger partial charge in [-0.1, -0.05) is 25.2 Å². The summed E-state index contributed by atoms with van der Waals surface area (Å²) in [7, 11) is -0.608. The molecule has 7 heteroatoms. The van der Waals surface area contributed by atoms with Crippen molar-refractivity contribution in [1.29, 1.82) is 0 Å². The molecule has 0 aliphatic heterocycles. The van der Waals surface area contributed by atoms with E-state index in [2.05, 4.69) is 38.3 Å². The van der Waals surface area contributed by atoms with Gasteiger partial charge in [-0.3, -0.25) is 0 Å². The zero-order chi connectivity index (χ0) is 20.3. The normalized spacial score (nSPS) is 15.1. The fourth-order valence-electron chi connectivity index (χ4n) is 1.71. The fraction of sp³-hybridized carbons (Fsp3) is 0.632. The molecule has 0 heterocycles. The van der Waals surface area contributed by atoms with Gasteiger partial charge in [-0.15, -0.1) is 0 Å². The largest absolute Gasteiger partial charge is 0.591 e. The minimum atomic E-state index is -2.03. The van der Waals surface area contributed by atoms with Crippen LogP contribution in [-0.4, -0.2) is 37.0 Å². The van der Waals surface area contributed by atoms with Crippen molar-refractivity contribution in [2.24, 2.45) is 4.40 Å². The van der Waals surface area contributed by atoms with Gasteiger partial charge >= 0.3 is 0 Å². The van der Waals surface area contributed by atoms with Gasteiger partial charge < -0.3 is 13.7 Å². The van der Waals surface area contributed by atoms with Gasteiger partial charge in [0.05, 0.1) is 13.7 Å². The Morgan fingerprint density at radius 2 is 1.77 bits per heavy atom. The molecule has 1 rings (SSSR count). The zero-order valence-electron chi connectivity index (χ0n) is 17.4. The Morgan fingerprint density at radius 1 is 1.19 bits per heavy atom. The summed E-state index contributed by atoms with van der Waals surface area (Å²) >= 11 is -1.46. The third-order valence-corrected chi connectivity index (χ3v) is 10.5. The van der Waals surface area contributed by atoms with Crippen LogP contribution in [-0.2, 0) is 15.8 Å². The Labute approximate surface area is 161 Å². The molecule has 1 unspecified atom stereocenters. The van der Waals surface area contributed by atoms with Crippen LogP contribution in [0.3, 0.4) is 0 Å². The number of nitrogens with zero attached hydrogens (tertiary/aromatic N) is 1. The highest BCUT2D eigenvalue weighted by Gasteiger charge is 2.38. The topological polar surface area (TPSA) is 53.9 Å². The highest BCUT2D eigenvalue weighted by Crippen LogP contribution is 2.36. The van der Waals surface area contributed by atoms with E-state index in [1.807, 2.05) is 20.8 Å². The predicted octanol–water partition coefficient (Wildman–Crippen LogP) is 5.11. The van der Waals surface area contributed by atoms with E-state index in [1.54, 1.807) is 12.1 Å². The molecule has 4 nitrogen and oxygen atoms in total. The molecule has 0 aliphatic rings. The molecule has 0 spiro atoms. The molecule has 148 valence electrons. The maximum atomic E-state index is 14.2. The molecular weight excluding hydrogens is 369 g/mol. The molecule has 1 aromatic rings. The van der Waals surface area contributed by atoms with Crippen LogP contribution in [0.5, 0.6) is 5.75 Å². The Balaban J connectivity index is 3.23. The summed E-state index contributed by atoms with van der Waals surface area (Å²) in [5.41, 5.74) is 1.05. The molecule has 0 N–H and O–H groups in total. The number of methoxy groups -OCH3 is 1. The first-order valence-corrected chi connectivity index (χ1v) is 12.7. The van der Waals surface area contributed by atoms with E-state index in [9.17, 15) is 8.94 Å². The first kappa shape index (κ1) is 23.1. The van der Waals surface area contributed by atoms with Crippen molar-refractivity contribution < 1.29 is 18.1 Å². The van der Waals surface area contributed by atoms with Crippen LogP contribution in [0.2, 0.25) is 18.1 Å². The first-order valence-electron chi connectivity index (χ1n) is 8.66. The molecule has 1 atom stereocenters. The first-order chi connectivity index (χ1) is 11.7. The summed E-state index contributed by atoms with van der Waals surface area (Å²) in [5, 5.41) is 0.0342. The lowest BCUT2D eigenvalue weighted by atomic mass is 10.1. The lowest BCUT2D eigenvalue weighted by Crippen LogP contribution is -2.42. The van der Waals surface area contributed by atoms with Crippen LogP contribution in [0.1, 0.15) is 47.1 Å². The Bertz CT molecular complexity index is 651. The summed E-state index contributed by atoms with van der Waals surface area (Å²) in [4.78, 5) is 0. The summed E-state index contributed by atoms with van der Waals surface area (Å²) in [6, 6.07) is 4.62. The van der Waals surface area contributed by atoms with Crippen LogP contribution in [0.25, 0.3) is 0 Å². The van der Waals surface area contributed by atoms with Gasteiger partial charge in [-0.2, -0.15) is 0 Å². The second-order valence-electron chi connectivity index (χ2n) is 8.80. The summed E-state index contributed by atoms with van der Waals surface area (Å²) < 4.78 is 41.8. The van der Waals surface area contributed by atoms with E-state index in [0.717, 1.165) is 0 Å². The molecule has 0 amide bonds. The average molecular weight is 402 g/mol. The highest BCUT2D eigenvalue weighted by atomic mass is 32.2. The van der Waals surface area contributed by atoms with Crippen molar-refractivity contribution in [3.63, 3.8) is 0 Å². The molecule has 0 saturated carbocycles. The Hall–Kier alpha value is -0.893. The molecule has 0 fully saturated rings. The lowest BCUT2D eigenvalue weighted by Gasteiger charge is -2.36. The maximum absolute atomic E-state index is 14.2. The molecule has 0 aliphatic carbocycles. The van der Waals surface area contributed by atoms with Crippen LogP contribution < -0.4 is 4.74 Å². The molecule has 0 saturated heterocycles. The highest BCUT2D eigenvalue weighted by molar-refractivity contribution is 7.91. The molecule has 26 heavy (non-hydrogen) atoms. The average Bonchev–Trinajstić information content (AvgIpc) is 2.48. The minimum Gasteiger partial charge on any atom is -0.591 e. The van der Waals surface area contributed by atoms with Crippen LogP contribution >= 0.6 is 0 Å². The van der Waals surface area contributed by atoms with Gasteiger partial charge in [-0.25, -0.2) is 4.39 Å². The number of rotatable bonds is 6. The maximum Gasteiger partial charge on any atom is 0.192 e. The fourth-order valence-corrected chi connectivity index (χ4v) is 3.27. The van der Waals surface area contributed by atoms with Crippen LogP contribution in [0.4, 0.5) is 4.39 Å². The minimum absolute atomic E-state index is 0.0342. The summed E-state index contributed by atoms with van der Waals surface area (Å²) in [6.07, 6.45) is 0. The van der Waals surface area contributed by atoms with Crippen molar-refractivity contribution in [3.05, 3.63) is 29.6 Å². The number of hydrogen-bond acceptors (Lipinski definition) is 4. The van der Waals surface area contributed by atoms with E-state index < -0.39 is 30.2 Å². The smallest absolute Gasteiger partial charge is 0.192 e. The molecule has 0 aromatic heterocycles. The Kier molecular flexibility index (Phi) is 7.49. The SMILES string of the molecule is COc1ccc(/C(CO[Si](C)(C)C(C)(C)C)=N\[S+]([O-])C(C)(C)C)cc1F. The zero-order valence-corrected chi connectivity index (χ0v) is 19.2. The van der Waals surface area contributed by atoms with E-state index in [4.69, 9.17) is 9.16 Å². The second-order valence-corrected chi connectivity index (χ2v) is 15.5. The van der Waals surface area contributed by atoms with Crippen molar-refractivity contribution >= 4 is 25.4 Å². The van der Waals surface area contributed by atoms with Gasteiger partial charge in [-0.05, 0) is 57.1 Å². The van der Waals surface area contributed by atoms with E-state index in [1.165, 1.54) is 13.2 Å². The summed E-state index contributed by atoms with van der Waals surface area (Å²) in [6.45, 7) is 16.5. The molecule has 0 radical (unpaired) electrons. The Morgan fingerprint density at radius 3 is 2.19 bits per heavy atom. The number of halogens is 1. The van der Waals surface area contributed by atoms with Crippen molar-refractivity contribution in [2.45, 2.75) is 64.4 Å². The molecular formula is C19H32FNO3SSi. The van der Waals surface area contributed by atoms with Crippen molar-refractivity contribution in [2.75, 3.05) is 13.7 Å². The predicted molar refractivity (Wildman–Crippen MR) is 111 cm³/mol. The standard InChI is InChI=1S/C19H32FNO3SSi/c1-18(2,3)25(22)21-16(13-24-26(8,9)19(4,5)6)14-10-11-17(23-7)15(20)12-14/h10-12H,13H2,1-9H3/b21-16-. The van der Waals surface area contributed by atoms with Crippen LogP contribution in [0, 0.1) is 5.82 Å². The third-order valence-electron chi connectivity index (χ3n) is 4.58. The number of hydrogen-bond donors (Lipinski definition) is 0. The summed E-state index contributed by atoms with van der Waals surface area (Å²) in [5.74, 6) is -0.318. The van der Waals surface area contributed by atoms with E-state index >= 15 is 0 Å².